The van der Waals surface area contributed by atoms with E-state index in [0.717, 1.165) is 0 Å². The Balaban J connectivity index is 1.64. The third kappa shape index (κ3) is 7.50. The first-order valence-corrected chi connectivity index (χ1v) is 14.6. The molecule has 0 aliphatic heterocycles. The molecular weight excluding hydrogens is 616 g/mol. The van der Waals surface area contributed by atoms with Gasteiger partial charge in [-0.25, -0.2) is 23.5 Å². The van der Waals surface area contributed by atoms with Crippen LogP contribution in [0.2, 0.25) is 0 Å². The normalized spacial score (nSPS) is 11.9. The fourth-order valence-corrected chi connectivity index (χ4v) is 5.93. The van der Waals surface area contributed by atoms with E-state index >= 15 is 0 Å². The highest BCUT2D eigenvalue weighted by Gasteiger charge is 2.20. The van der Waals surface area contributed by atoms with Crippen molar-refractivity contribution >= 4 is 67.7 Å². The van der Waals surface area contributed by atoms with Gasteiger partial charge in [-0.05, 0) is 42.5 Å². The fraction of sp³-hybridized carbons (Fsp3) is 0.0833. The van der Waals surface area contributed by atoms with Crippen LogP contribution in [0.1, 0.15) is 10.4 Å². The molecule has 0 amide bonds. The zero-order chi connectivity index (χ0) is 30.3. The molecule has 0 aliphatic carbocycles. The largest absolute Gasteiger partial charge is 0.545 e. The van der Waals surface area contributed by atoms with Gasteiger partial charge in [0.05, 0.1) is 45.5 Å². The number of nitrogens with zero attached hydrogens (tertiary/aromatic N) is 3. The van der Waals surface area contributed by atoms with Crippen molar-refractivity contribution in [3.8, 4) is 5.75 Å². The number of nitrogen functional groups attached to an aromatic ring is 1. The Bertz CT molecular complexity index is 1740. The molecule has 0 fully saturated rings. The zero-order valence-corrected chi connectivity index (χ0v) is 23.5. The molecule has 1 aromatic heterocycles. The number of nitrogens with two attached hydrogens (primary N) is 1. The van der Waals surface area contributed by atoms with Crippen LogP contribution in [0.3, 0.4) is 0 Å². The van der Waals surface area contributed by atoms with E-state index in [1.165, 1.54) is 59.4 Å². The SMILES string of the molecule is Nc1ccc2c(O)cc(SOOO)cc2c1N=Nc1ccc(S(=O)(=O)CC[n+]2ccc(C(=O)[O-])cc2)cc1SOOO. The van der Waals surface area contributed by atoms with Crippen molar-refractivity contribution in [2.45, 2.75) is 21.2 Å². The molecule has 18 heteroatoms. The molecule has 5 N–H and O–H groups in total. The number of aromatic nitrogens is 1. The molecule has 42 heavy (non-hydrogen) atoms. The van der Waals surface area contributed by atoms with Crippen LogP contribution in [-0.2, 0) is 35.1 Å². The van der Waals surface area contributed by atoms with Crippen molar-refractivity contribution in [1.82, 2.24) is 0 Å². The van der Waals surface area contributed by atoms with Crippen molar-refractivity contribution in [3.63, 3.8) is 0 Å². The van der Waals surface area contributed by atoms with Gasteiger partial charge in [-0.15, -0.1) is 18.9 Å². The minimum atomic E-state index is -3.85. The van der Waals surface area contributed by atoms with E-state index in [0.29, 0.717) is 39.8 Å². The van der Waals surface area contributed by atoms with Gasteiger partial charge in [0.1, 0.15) is 22.9 Å². The fourth-order valence-electron chi connectivity index (χ4n) is 3.68. The van der Waals surface area contributed by atoms with Crippen molar-refractivity contribution in [1.29, 1.82) is 0 Å². The first-order chi connectivity index (χ1) is 20.1. The second-order valence-corrected chi connectivity index (χ2v) is 11.9. The van der Waals surface area contributed by atoms with E-state index in [-0.39, 0.29) is 50.5 Å². The van der Waals surface area contributed by atoms with Crippen LogP contribution < -0.4 is 15.4 Å². The number of carboxylic acid groups (broad SMARTS) is 1. The maximum Gasteiger partial charge on any atom is 0.184 e. The quantitative estimate of drug-likeness (QED) is 0.0411. The first-order valence-electron chi connectivity index (χ1n) is 11.5. The predicted octanol–water partition coefficient (Wildman–Crippen LogP) is 3.52. The molecule has 0 saturated carbocycles. The highest BCUT2D eigenvalue weighted by atomic mass is 32.2. The Morgan fingerprint density at radius 1 is 0.952 bits per heavy atom. The second kappa shape index (κ2) is 13.9. The lowest BCUT2D eigenvalue weighted by molar-refractivity contribution is -0.692. The number of aromatic hydroxyl groups is 1. The summed E-state index contributed by atoms with van der Waals surface area (Å²) in [7, 11) is -3.85. The summed E-state index contributed by atoms with van der Waals surface area (Å²) in [5.41, 5.74) is 6.55. The van der Waals surface area contributed by atoms with E-state index in [1.54, 1.807) is 12.1 Å². The summed E-state index contributed by atoms with van der Waals surface area (Å²) in [6, 6.07) is 12.5. The topological polar surface area (TPSA) is 226 Å². The predicted molar refractivity (Wildman–Crippen MR) is 145 cm³/mol. The van der Waals surface area contributed by atoms with Crippen LogP contribution in [-0.4, -0.2) is 35.8 Å². The summed E-state index contributed by atoms with van der Waals surface area (Å²) in [5.74, 6) is -1.81. The average molecular weight is 637 g/mol. The van der Waals surface area contributed by atoms with Gasteiger partial charge in [0.2, 0.25) is 0 Å². The molecule has 220 valence electrons. The van der Waals surface area contributed by atoms with Crippen LogP contribution in [0.5, 0.6) is 5.75 Å². The molecule has 0 radical (unpaired) electrons. The summed E-state index contributed by atoms with van der Waals surface area (Å²) >= 11 is 1.08. The number of aryl methyl sites for hydroxylation is 1. The average Bonchev–Trinajstić information content (AvgIpc) is 2.97. The Morgan fingerprint density at radius 2 is 1.67 bits per heavy atom. The number of hydrogen-bond acceptors (Lipinski definition) is 16. The molecule has 1 heterocycles. The van der Waals surface area contributed by atoms with Gasteiger partial charge in [0.25, 0.3) is 0 Å². The Kier molecular flexibility index (Phi) is 10.3. The number of anilines is 1. The van der Waals surface area contributed by atoms with Gasteiger partial charge in [-0.2, -0.15) is 0 Å². The van der Waals surface area contributed by atoms with Crippen LogP contribution in [0.25, 0.3) is 10.8 Å². The van der Waals surface area contributed by atoms with Crippen LogP contribution in [0, 0.1) is 0 Å². The Morgan fingerprint density at radius 3 is 2.36 bits per heavy atom. The summed E-state index contributed by atoms with van der Waals surface area (Å²) < 4.78 is 36.5. The number of pyridine rings is 1. The van der Waals surface area contributed by atoms with E-state index < -0.39 is 15.8 Å². The van der Waals surface area contributed by atoms with E-state index in [9.17, 15) is 23.4 Å². The smallest absolute Gasteiger partial charge is 0.184 e. The van der Waals surface area contributed by atoms with Crippen molar-refractivity contribution in [3.05, 3.63) is 72.6 Å². The highest BCUT2D eigenvalue weighted by Crippen LogP contribution is 2.41. The molecule has 0 atom stereocenters. The molecule has 0 saturated heterocycles. The lowest BCUT2D eigenvalue weighted by atomic mass is 10.1. The van der Waals surface area contributed by atoms with Crippen LogP contribution in [0.15, 0.2) is 91.9 Å². The lowest BCUT2D eigenvalue weighted by Crippen LogP contribution is -2.37. The number of hydrogen-bond donors (Lipinski definition) is 4. The number of phenols is 1. The van der Waals surface area contributed by atoms with Crippen molar-refractivity contribution in [2.75, 3.05) is 11.5 Å². The molecule has 3 aromatic carbocycles. The first kappa shape index (κ1) is 31.1. The lowest BCUT2D eigenvalue weighted by Gasteiger charge is -2.10. The summed E-state index contributed by atoms with van der Waals surface area (Å²) in [6.07, 6.45) is 2.84. The standard InChI is InChI=1S/C24H20N4O11S3/c25-19-3-2-17-18(11-15(12-21(17)29)40-38-36-32)23(19)27-26-20-4-1-16(13-22(20)41-39-37-33)42(34,35)10-9-28-7-5-14(6-8-28)24(30)31/h1-8,11-13H,9-10H2,(H5-,25,26,29,30,31,32,33). The molecule has 4 rings (SSSR count). The monoisotopic (exact) mass is 636 g/mol. The summed E-state index contributed by atoms with van der Waals surface area (Å²) in [6.45, 7) is 0.0266. The number of carbonyl (C=O) groups excluding carboxylic acids is 1. The third-order valence-electron chi connectivity index (χ3n) is 5.70. The van der Waals surface area contributed by atoms with Crippen molar-refractivity contribution < 1.29 is 57.3 Å². The van der Waals surface area contributed by atoms with Gasteiger partial charge in [-0.3, -0.25) is 0 Å². The molecule has 4 aromatic rings. The van der Waals surface area contributed by atoms with Crippen molar-refractivity contribution in [2.24, 2.45) is 10.2 Å². The maximum atomic E-state index is 13.0. The molecule has 0 unspecified atom stereocenters. The number of carbonyl (C=O) groups is 1. The summed E-state index contributed by atoms with van der Waals surface area (Å²) in [4.78, 5) is 11.3. The molecule has 0 bridgehead atoms. The molecule has 0 aliphatic rings. The van der Waals surface area contributed by atoms with E-state index in [2.05, 4.69) is 29.0 Å². The number of phenolic OH excluding ortho intramolecular Hbond substituents is 1. The second-order valence-electron chi connectivity index (χ2n) is 8.25. The maximum absolute atomic E-state index is 13.0. The number of rotatable bonds is 13. The van der Waals surface area contributed by atoms with Gasteiger partial charge in [0, 0.05) is 33.4 Å². The Labute approximate surface area is 245 Å². The van der Waals surface area contributed by atoms with Gasteiger partial charge in [-0.1, -0.05) is 10.1 Å². The number of fused-ring (bicyclic) bond motifs is 1. The highest BCUT2D eigenvalue weighted by molar-refractivity contribution is 7.95. The summed E-state index contributed by atoms with van der Waals surface area (Å²) in [5, 5.41) is 54.8. The van der Waals surface area contributed by atoms with Crippen LogP contribution >= 0.6 is 24.1 Å². The number of sulfone groups is 1. The van der Waals surface area contributed by atoms with Gasteiger partial charge >= 0.3 is 0 Å². The molecule has 0 spiro atoms. The zero-order valence-electron chi connectivity index (χ0n) is 21.0. The van der Waals surface area contributed by atoms with Gasteiger partial charge < -0.3 is 20.7 Å². The van der Waals surface area contributed by atoms with E-state index in [4.69, 9.17) is 16.2 Å². The number of azo groups is 1. The molecular formula is C24H20N4O11S3. The third-order valence-corrected chi connectivity index (χ3v) is 8.58. The number of aromatic carboxylic acids is 1. The van der Waals surface area contributed by atoms with Crippen LogP contribution in [0.4, 0.5) is 17.1 Å². The number of benzene rings is 3. The Hall–Kier alpha value is -3.85. The molecule has 15 nitrogen and oxygen atoms in total. The minimum absolute atomic E-state index is 0.0266. The van der Waals surface area contributed by atoms with Gasteiger partial charge in [0.15, 0.2) is 28.8 Å². The minimum Gasteiger partial charge on any atom is -0.545 e. The number of carboxylic acids is 1. The van der Waals surface area contributed by atoms with E-state index in [1.807, 2.05) is 0 Å².